The number of aromatic nitrogens is 4. The van der Waals surface area contributed by atoms with Crippen molar-refractivity contribution in [1.82, 2.24) is 19.9 Å². The third-order valence-corrected chi connectivity index (χ3v) is 6.14. The normalized spacial score (nSPS) is 15.0. The Kier molecular flexibility index (Phi) is 5.58. The van der Waals surface area contributed by atoms with E-state index in [4.69, 9.17) is 21.7 Å². The predicted molar refractivity (Wildman–Crippen MR) is 130 cm³/mol. The van der Waals surface area contributed by atoms with Gasteiger partial charge in [-0.1, -0.05) is 11.2 Å². The minimum Gasteiger partial charge on any atom is -0.411 e. The molecule has 6 N–H and O–H groups in total. The number of rotatable bonds is 4. The Hall–Kier alpha value is -4.05. The SMILES string of the molecule is Cc1cc(F)cc(-c2cnc(N)c(-c3nc4c(/C=N\O)ccnc4[nH]3)c2N2CCC(N)CC2)c1. The number of piperidine rings is 1. The summed E-state index contributed by atoms with van der Waals surface area (Å²) in [6, 6.07) is 6.75. The van der Waals surface area contributed by atoms with E-state index in [9.17, 15) is 4.39 Å². The Balaban J connectivity index is 1.77. The van der Waals surface area contributed by atoms with Gasteiger partial charge in [0.2, 0.25) is 0 Å². The highest BCUT2D eigenvalue weighted by atomic mass is 19.1. The summed E-state index contributed by atoms with van der Waals surface area (Å²) in [4.78, 5) is 19.0. The Labute approximate surface area is 195 Å². The van der Waals surface area contributed by atoms with Crippen molar-refractivity contribution in [3.05, 3.63) is 53.6 Å². The van der Waals surface area contributed by atoms with Crippen LogP contribution in [0.5, 0.6) is 0 Å². The molecule has 34 heavy (non-hydrogen) atoms. The zero-order valence-electron chi connectivity index (χ0n) is 18.7. The molecule has 1 aliphatic heterocycles. The maximum Gasteiger partial charge on any atom is 0.158 e. The van der Waals surface area contributed by atoms with Gasteiger partial charge < -0.3 is 26.6 Å². The summed E-state index contributed by atoms with van der Waals surface area (Å²) in [5, 5.41) is 12.1. The van der Waals surface area contributed by atoms with Gasteiger partial charge in [0.15, 0.2) is 5.65 Å². The monoisotopic (exact) mass is 460 g/mol. The zero-order valence-corrected chi connectivity index (χ0v) is 18.7. The first-order valence-electron chi connectivity index (χ1n) is 11.0. The summed E-state index contributed by atoms with van der Waals surface area (Å²) in [5.74, 6) is 0.449. The van der Waals surface area contributed by atoms with Crippen LogP contribution in [0.2, 0.25) is 0 Å². The molecule has 0 aliphatic carbocycles. The van der Waals surface area contributed by atoms with Gasteiger partial charge in [0.25, 0.3) is 0 Å². The number of nitrogen functional groups attached to an aromatic ring is 1. The van der Waals surface area contributed by atoms with E-state index in [1.165, 1.54) is 18.3 Å². The number of imidazole rings is 1. The molecule has 5 rings (SSSR count). The van der Waals surface area contributed by atoms with Gasteiger partial charge in [-0.15, -0.1) is 0 Å². The molecule has 4 heterocycles. The van der Waals surface area contributed by atoms with Crippen molar-refractivity contribution in [3.8, 4) is 22.5 Å². The fraction of sp³-hybridized carbons (Fsp3) is 0.250. The Morgan fingerprint density at radius 2 is 2.03 bits per heavy atom. The number of nitrogens with zero attached hydrogens (tertiary/aromatic N) is 5. The second-order valence-corrected chi connectivity index (χ2v) is 8.55. The van der Waals surface area contributed by atoms with Crippen LogP contribution in [0.3, 0.4) is 0 Å². The molecular weight excluding hydrogens is 435 g/mol. The van der Waals surface area contributed by atoms with Gasteiger partial charge >= 0.3 is 0 Å². The first kappa shape index (κ1) is 21.8. The van der Waals surface area contributed by atoms with Crippen LogP contribution in [0.1, 0.15) is 24.0 Å². The van der Waals surface area contributed by atoms with Crippen molar-refractivity contribution in [2.75, 3.05) is 23.7 Å². The lowest BCUT2D eigenvalue weighted by atomic mass is 9.97. The number of aryl methyl sites for hydroxylation is 1. The lowest BCUT2D eigenvalue weighted by Crippen LogP contribution is -2.40. The first-order chi connectivity index (χ1) is 16.4. The van der Waals surface area contributed by atoms with Crippen LogP contribution in [-0.2, 0) is 0 Å². The van der Waals surface area contributed by atoms with Crippen LogP contribution in [-0.4, -0.2) is 50.5 Å². The van der Waals surface area contributed by atoms with Crippen LogP contribution in [0, 0.1) is 12.7 Å². The molecule has 1 fully saturated rings. The van der Waals surface area contributed by atoms with Gasteiger partial charge in [-0.25, -0.2) is 19.3 Å². The van der Waals surface area contributed by atoms with E-state index in [-0.39, 0.29) is 17.7 Å². The molecule has 1 saturated heterocycles. The van der Waals surface area contributed by atoms with Crippen molar-refractivity contribution in [3.63, 3.8) is 0 Å². The molecule has 9 nitrogen and oxygen atoms in total. The number of hydrogen-bond acceptors (Lipinski definition) is 8. The van der Waals surface area contributed by atoms with E-state index in [0.717, 1.165) is 42.7 Å². The molecule has 0 amide bonds. The number of oxime groups is 1. The van der Waals surface area contributed by atoms with Gasteiger partial charge in [-0.2, -0.15) is 0 Å². The Bertz CT molecular complexity index is 1370. The molecule has 0 spiro atoms. The quantitative estimate of drug-likeness (QED) is 0.207. The molecule has 0 radical (unpaired) electrons. The Morgan fingerprint density at radius 3 is 2.76 bits per heavy atom. The first-order valence-corrected chi connectivity index (χ1v) is 11.0. The summed E-state index contributed by atoms with van der Waals surface area (Å²) in [6.45, 7) is 3.30. The average Bonchev–Trinajstić information content (AvgIpc) is 3.24. The van der Waals surface area contributed by atoms with Gasteiger partial charge in [-0.3, -0.25) is 0 Å². The summed E-state index contributed by atoms with van der Waals surface area (Å²) >= 11 is 0. The maximum atomic E-state index is 14.4. The Morgan fingerprint density at radius 1 is 1.24 bits per heavy atom. The van der Waals surface area contributed by atoms with Crippen molar-refractivity contribution in [2.24, 2.45) is 10.9 Å². The standard InChI is InChI=1S/C24H25FN8O/c1-13-8-15(10-16(25)9-13)18-12-29-22(27)19(21(18)33-6-3-17(26)4-7-33)23-31-20-14(11-30-34)2-5-28-24(20)32-23/h2,5,8-12,17,34H,3-4,6-7,26H2,1H3,(H2,27,29)(H,28,31,32)/b30-11-. The molecule has 1 aliphatic rings. The van der Waals surface area contributed by atoms with Gasteiger partial charge in [0.05, 0.1) is 17.5 Å². The van der Waals surface area contributed by atoms with Crippen LogP contribution in [0.15, 0.2) is 41.8 Å². The summed E-state index contributed by atoms with van der Waals surface area (Å²) < 4.78 is 14.4. The molecule has 4 aromatic rings. The molecule has 0 saturated carbocycles. The van der Waals surface area contributed by atoms with E-state index in [2.05, 4.69) is 25.0 Å². The second-order valence-electron chi connectivity index (χ2n) is 8.55. The van der Waals surface area contributed by atoms with Crippen LogP contribution in [0.25, 0.3) is 33.7 Å². The van der Waals surface area contributed by atoms with Crippen molar-refractivity contribution >= 4 is 28.9 Å². The van der Waals surface area contributed by atoms with E-state index in [1.54, 1.807) is 18.5 Å². The zero-order chi connectivity index (χ0) is 23.8. The van der Waals surface area contributed by atoms with E-state index in [1.807, 2.05) is 13.0 Å². The highest BCUT2D eigenvalue weighted by Crippen LogP contribution is 2.42. The smallest absolute Gasteiger partial charge is 0.158 e. The minimum absolute atomic E-state index is 0.134. The summed E-state index contributed by atoms with van der Waals surface area (Å²) in [6.07, 6.45) is 6.22. The molecule has 0 atom stereocenters. The number of halogens is 1. The molecule has 10 heteroatoms. The van der Waals surface area contributed by atoms with E-state index >= 15 is 0 Å². The van der Waals surface area contributed by atoms with E-state index in [0.29, 0.717) is 33.7 Å². The largest absolute Gasteiger partial charge is 0.411 e. The summed E-state index contributed by atoms with van der Waals surface area (Å²) in [7, 11) is 0. The molecule has 3 aromatic heterocycles. The predicted octanol–water partition coefficient (Wildman–Crippen LogP) is 3.45. The van der Waals surface area contributed by atoms with Gasteiger partial charge in [0, 0.05) is 42.7 Å². The molecule has 0 bridgehead atoms. The number of pyridine rings is 2. The number of aromatic amines is 1. The average molecular weight is 461 g/mol. The topological polar surface area (TPSA) is 142 Å². The number of hydrogen-bond donors (Lipinski definition) is 4. The molecule has 174 valence electrons. The third-order valence-electron chi connectivity index (χ3n) is 6.14. The fourth-order valence-corrected chi connectivity index (χ4v) is 4.52. The van der Waals surface area contributed by atoms with Gasteiger partial charge in [-0.05, 0) is 49.1 Å². The number of benzene rings is 1. The third kappa shape index (κ3) is 3.92. The lowest BCUT2D eigenvalue weighted by Gasteiger charge is -2.34. The van der Waals surface area contributed by atoms with Crippen LogP contribution in [0.4, 0.5) is 15.9 Å². The number of nitrogens with one attached hydrogen (secondary N) is 1. The van der Waals surface area contributed by atoms with E-state index < -0.39 is 0 Å². The fourth-order valence-electron chi connectivity index (χ4n) is 4.52. The highest BCUT2D eigenvalue weighted by molar-refractivity contribution is 5.99. The van der Waals surface area contributed by atoms with Gasteiger partial charge in [0.1, 0.15) is 23.0 Å². The molecule has 1 aromatic carbocycles. The number of H-pyrrole nitrogens is 1. The number of anilines is 2. The highest BCUT2D eigenvalue weighted by Gasteiger charge is 2.27. The van der Waals surface area contributed by atoms with Crippen molar-refractivity contribution in [1.29, 1.82) is 0 Å². The van der Waals surface area contributed by atoms with Crippen molar-refractivity contribution < 1.29 is 9.60 Å². The summed E-state index contributed by atoms with van der Waals surface area (Å²) in [5.41, 5.74) is 18.0. The number of nitrogens with two attached hydrogens (primary N) is 2. The maximum absolute atomic E-state index is 14.4. The van der Waals surface area contributed by atoms with Crippen molar-refractivity contribution in [2.45, 2.75) is 25.8 Å². The number of fused-ring (bicyclic) bond motifs is 1. The van der Waals surface area contributed by atoms with Crippen LogP contribution < -0.4 is 16.4 Å². The molecule has 0 unspecified atom stereocenters. The lowest BCUT2D eigenvalue weighted by molar-refractivity contribution is 0.322. The molecular formula is C24H25FN8O. The second kappa shape index (κ2) is 8.71. The van der Waals surface area contributed by atoms with Crippen LogP contribution >= 0.6 is 0 Å². The minimum atomic E-state index is -0.319.